The van der Waals surface area contributed by atoms with Gasteiger partial charge in [0.25, 0.3) is 5.91 Å². The van der Waals surface area contributed by atoms with Crippen molar-refractivity contribution in [1.29, 1.82) is 0 Å². The van der Waals surface area contributed by atoms with Gasteiger partial charge >= 0.3 is 6.18 Å². The summed E-state index contributed by atoms with van der Waals surface area (Å²) >= 11 is 0. The summed E-state index contributed by atoms with van der Waals surface area (Å²) in [6.45, 7) is 1.08. The first-order valence-electron chi connectivity index (χ1n) is 6.05. The molecule has 0 aliphatic rings. The van der Waals surface area contributed by atoms with Crippen molar-refractivity contribution in [1.82, 2.24) is 10.3 Å². The van der Waals surface area contributed by atoms with Crippen LogP contribution in [0.15, 0.2) is 18.3 Å². The first-order valence-corrected chi connectivity index (χ1v) is 6.05. The quantitative estimate of drug-likeness (QED) is 0.752. The Hall–Kier alpha value is -1.83. The number of amides is 1. The van der Waals surface area contributed by atoms with Gasteiger partial charge in [0, 0.05) is 25.0 Å². The molecule has 0 atom stereocenters. The van der Waals surface area contributed by atoms with Crippen LogP contribution in [-0.4, -0.2) is 43.4 Å². The molecule has 0 saturated carbocycles. The summed E-state index contributed by atoms with van der Waals surface area (Å²) < 4.78 is 39.8. The van der Waals surface area contributed by atoms with E-state index in [1.54, 1.807) is 12.1 Å². The summed E-state index contributed by atoms with van der Waals surface area (Å²) in [6, 6.07) is 3.28. The Bertz CT molecular complexity index is 438. The smallest absolute Gasteiger partial charge is 0.385 e. The predicted molar refractivity (Wildman–Crippen MR) is 67.6 cm³/mol. The van der Waals surface area contributed by atoms with Crippen molar-refractivity contribution >= 4 is 11.6 Å². The predicted octanol–water partition coefficient (Wildman–Crippen LogP) is 1.82. The van der Waals surface area contributed by atoms with E-state index in [0.29, 0.717) is 6.54 Å². The lowest BCUT2D eigenvalue weighted by molar-refractivity contribution is -0.173. The van der Waals surface area contributed by atoms with E-state index in [-0.39, 0.29) is 18.8 Å². The van der Waals surface area contributed by atoms with Gasteiger partial charge in [-0.2, -0.15) is 13.2 Å². The van der Waals surface area contributed by atoms with Gasteiger partial charge in [-0.05, 0) is 19.1 Å². The van der Waals surface area contributed by atoms with Crippen LogP contribution in [-0.2, 0) is 4.74 Å². The fraction of sp³-hybridized carbons (Fsp3) is 0.500. The molecule has 112 valence electrons. The highest BCUT2D eigenvalue weighted by Gasteiger charge is 2.27. The molecule has 0 unspecified atom stereocenters. The van der Waals surface area contributed by atoms with Crippen LogP contribution >= 0.6 is 0 Å². The fourth-order valence-electron chi connectivity index (χ4n) is 1.38. The lowest BCUT2D eigenvalue weighted by Gasteiger charge is -2.09. The Morgan fingerprint density at radius 1 is 1.45 bits per heavy atom. The molecule has 0 spiro atoms. The highest BCUT2D eigenvalue weighted by molar-refractivity contribution is 5.93. The summed E-state index contributed by atoms with van der Waals surface area (Å²) in [5, 5.41) is 5.46. The molecule has 5 nitrogen and oxygen atoms in total. The van der Waals surface area contributed by atoms with E-state index >= 15 is 0 Å². The maximum Gasteiger partial charge on any atom is 0.411 e. The van der Waals surface area contributed by atoms with E-state index in [9.17, 15) is 18.0 Å². The molecule has 1 aromatic heterocycles. The van der Waals surface area contributed by atoms with Gasteiger partial charge in [0.1, 0.15) is 12.3 Å². The highest BCUT2D eigenvalue weighted by atomic mass is 19.4. The van der Waals surface area contributed by atoms with Crippen LogP contribution in [0.4, 0.5) is 18.9 Å². The van der Waals surface area contributed by atoms with Crippen LogP contribution in [0.5, 0.6) is 0 Å². The molecule has 0 saturated heterocycles. The van der Waals surface area contributed by atoms with Gasteiger partial charge in [0.05, 0.1) is 6.61 Å². The molecule has 0 aliphatic carbocycles. The van der Waals surface area contributed by atoms with E-state index in [1.807, 2.05) is 6.92 Å². The fourth-order valence-corrected chi connectivity index (χ4v) is 1.38. The average molecular weight is 291 g/mol. The third-order valence-corrected chi connectivity index (χ3v) is 2.17. The van der Waals surface area contributed by atoms with Crippen molar-refractivity contribution in [2.75, 3.05) is 31.6 Å². The van der Waals surface area contributed by atoms with E-state index in [4.69, 9.17) is 0 Å². The van der Waals surface area contributed by atoms with Crippen LogP contribution in [0.25, 0.3) is 0 Å². The number of anilines is 1. The molecular formula is C12H16F3N3O2. The molecule has 1 aromatic rings. The average Bonchev–Trinajstić information content (AvgIpc) is 2.37. The molecular weight excluding hydrogens is 275 g/mol. The highest BCUT2D eigenvalue weighted by Crippen LogP contribution is 2.14. The molecule has 1 heterocycles. The number of ether oxygens (including phenoxy) is 1. The number of hydrogen-bond acceptors (Lipinski definition) is 4. The second-order valence-electron chi connectivity index (χ2n) is 3.88. The van der Waals surface area contributed by atoms with Crippen LogP contribution in [0.1, 0.15) is 17.4 Å². The van der Waals surface area contributed by atoms with Crippen LogP contribution in [0.2, 0.25) is 0 Å². The molecule has 2 N–H and O–H groups in total. The second kappa shape index (κ2) is 7.68. The SMILES string of the molecule is CCNc1ccnc(C(=O)NCCOCC(F)(F)F)c1. The topological polar surface area (TPSA) is 63.2 Å². The zero-order valence-corrected chi connectivity index (χ0v) is 11.0. The number of aromatic nitrogens is 1. The monoisotopic (exact) mass is 291 g/mol. The lowest BCUT2D eigenvalue weighted by atomic mass is 10.3. The van der Waals surface area contributed by atoms with Crippen molar-refractivity contribution < 1.29 is 22.7 Å². The second-order valence-corrected chi connectivity index (χ2v) is 3.88. The van der Waals surface area contributed by atoms with Crippen molar-refractivity contribution in [3.8, 4) is 0 Å². The zero-order valence-electron chi connectivity index (χ0n) is 11.0. The van der Waals surface area contributed by atoms with Gasteiger partial charge in [-0.15, -0.1) is 0 Å². The Kier molecular flexibility index (Phi) is 6.23. The van der Waals surface area contributed by atoms with E-state index in [1.165, 1.54) is 6.20 Å². The third-order valence-electron chi connectivity index (χ3n) is 2.17. The van der Waals surface area contributed by atoms with Crippen molar-refractivity contribution in [3.05, 3.63) is 24.0 Å². The minimum absolute atomic E-state index is 0.0119. The summed E-state index contributed by atoms with van der Waals surface area (Å²) in [4.78, 5) is 15.6. The molecule has 0 fully saturated rings. The van der Waals surface area contributed by atoms with Crippen LogP contribution in [0, 0.1) is 0 Å². The van der Waals surface area contributed by atoms with Crippen LogP contribution < -0.4 is 10.6 Å². The molecule has 0 aliphatic heterocycles. The van der Waals surface area contributed by atoms with Crippen LogP contribution in [0.3, 0.4) is 0 Å². The van der Waals surface area contributed by atoms with Crippen molar-refractivity contribution in [3.63, 3.8) is 0 Å². The molecule has 0 bridgehead atoms. The first-order chi connectivity index (χ1) is 9.42. The summed E-state index contributed by atoms with van der Waals surface area (Å²) in [7, 11) is 0. The van der Waals surface area contributed by atoms with Gasteiger partial charge in [-0.3, -0.25) is 9.78 Å². The number of nitrogens with one attached hydrogen (secondary N) is 2. The van der Waals surface area contributed by atoms with Gasteiger partial charge in [0.2, 0.25) is 0 Å². The molecule has 1 amide bonds. The van der Waals surface area contributed by atoms with E-state index in [0.717, 1.165) is 5.69 Å². The summed E-state index contributed by atoms with van der Waals surface area (Å²) in [6.07, 6.45) is -2.88. The maximum absolute atomic E-state index is 11.8. The van der Waals surface area contributed by atoms with Gasteiger partial charge in [-0.1, -0.05) is 0 Å². The van der Waals surface area contributed by atoms with Gasteiger partial charge in [0.15, 0.2) is 0 Å². The number of pyridine rings is 1. The largest absolute Gasteiger partial charge is 0.411 e. The maximum atomic E-state index is 11.8. The minimum Gasteiger partial charge on any atom is -0.385 e. The normalized spacial score (nSPS) is 11.2. The molecule has 0 radical (unpaired) electrons. The number of alkyl halides is 3. The Morgan fingerprint density at radius 3 is 2.85 bits per heavy atom. The Balaban J connectivity index is 2.34. The van der Waals surface area contributed by atoms with Gasteiger partial charge in [-0.25, -0.2) is 0 Å². The standard InChI is InChI=1S/C12H16F3N3O2/c1-2-16-9-3-4-17-10(7-9)11(19)18-5-6-20-8-12(13,14)15/h3-4,7H,2,5-6,8H2,1H3,(H,16,17)(H,18,19). The number of nitrogens with zero attached hydrogens (tertiary/aromatic N) is 1. The third kappa shape index (κ3) is 6.37. The lowest BCUT2D eigenvalue weighted by Crippen LogP contribution is -2.29. The number of halogens is 3. The van der Waals surface area contributed by atoms with Crippen molar-refractivity contribution in [2.24, 2.45) is 0 Å². The molecule has 0 aromatic carbocycles. The first kappa shape index (κ1) is 16.2. The molecule has 8 heteroatoms. The number of rotatable bonds is 7. The number of carbonyl (C=O) groups is 1. The molecule has 1 rings (SSSR count). The Morgan fingerprint density at radius 2 is 2.20 bits per heavy atom. The van der Waals surface area contributed by atoms with E-state index < -0.39 is 18.7 Å². The number of carbonyl (C=O) groups excluding carboxylic acids is 1. The Labute approximate surface area is 114 Å². The summed E-state index contributed by atoms with van der Waals surface area (Å²) in [5.74, 6) is -0.458. The van der Waals surface area contributed by atoms with Gasteiger partial charge < -0.3 is 15.4 Å². The van der Waals surface area contributed by atoms with E-state index in [2.05, 4.69) is 20.4 Å². The van der Waals surface area contributed by atoms with Crippen molar-refractivity contribution in [2.45, 2.75) is 13.1 Å². The zero-order chi connectivity index (χ0) is 15.0. The summed E-state index contributed by atoms with van der Waals surface area (Å²) in [5.41, 5.74) is 0.945. The molecule has 20 heavy (non-hydrogen) atoms. The number of hydrogen-bond donors (Lipinski definition) is 2. The minimum atomic E-state index is -4.36.